The van der Waals surface area contributed by atoms with Crippen molar-refractivity contribution in [1.29, 1.82) is 0 Å². The Morgan fingerprint density at radius 1 is 1.43 bits per heavy atom. The minimum absolute atomic E-state index is 0.0242. The van der Waals surface area contributed by atoms with Gasteiger partial charge in [-0.25, -0.2) is 4.68 Å². The van der Waals surface area contributed by atoms with Crippen LogP contribution in [0.2, 0.25) is 0 Å². The number of hydrogen-bond donors (Lipinski definition) is 2. The Hall–Kier alpha value is -2.21. The fraction of sp³-hybridized carbons (Fsp3) is 0.400. The zero-order valence-electron chi connectivity index (χ0n) is 13.3. The molecule has 6 nitrogen and oxygen atoms in total. The molecule has 2 aromatic rings. The molecule has 0 aliphatic carbocycles. The number of carbonyl (C=O) groups excluding carboxylic acids is 1. The number of carbonyl (C=O) groups is 1. The molecule has 2 heterocycles. The van der Waals surface area contributed by atoms with E-state index in [4.69, 9.17) is 4.79 Å². The van der Waals surface area contributed by atoms with Crippen molar-refractivity contribution in [2.45, 2.75) is 34.2 Å². The van der Waals surface area contributed by atoms with E-state index in [0.29, 0.717) is 12.1 Å². The third-order valence-corrected chi connectivity index (χ3v) is 2.33. The van der Waals surface area contributed by atoms with E-state index in [-0.39, 0.29) is 5.43 Å². The molecule has 6 heteroatoms. The molecule has 0 aromatic carbocycles. The van der Waals surface area contributed by atoms with Crippen LogP contribution in [0.15, 0.2) is 29.3 Å². The molecule has 2 rings (SSSR count). The second-order valence-corrected chi connectivity index (χ2v) is 3.86. The molecule has 2 aromatic heterocycles. The molecule has 0 unspecified atom stereocenters. The summed E-state index contributed by atoms with van der Waals surface area (Å²) in [5.41, 5.74) is 1.54. The van der Waals surface area contributed by atoms with Crippen LogP contribution in [0.5, 0.6) is 0 Å². The number of nitrogens with one attached hydrogen (secondary N) is 2. The van der Waals surface area contributed by atoms with Gasteiger partial charge >= 0.3 is 0 Å². The van der Waals surface area contributed by atoms with Crippen molar-refractivity contribution in [3.05, 3.63) is 46.0 Å². The fourth-order valence-corrected chi connectivity index (χ4v) is 1.64. The molecule has 0 saturated heterocycles. The SMILES string of the molecule is CC.CC=O.CNCc1c(-n2cccn2)[nH]c(C)cc1=O. The highest BCUT2D eigenvalue weighted by atomic mass is 16.1. The van der Waals surface area contributed by atoms with E-state index in [1.165, 1.54) is 6.92 Å². The van der Waals surface area contributed by atoms with Gasteiger partial charge in [0.2, 0.25) is 0 Å². The monoisotopic (exact) mass is 292 g/mol. The Kier molecular flexibility index (Phi) is 9.45. The third kappa shape index (κ3) is 5.74. The minimum atomic E-state index is 0.0242. The number of nitrogens with zero attached hydrogens (tertiary/aromatic N) is 2. The first-order valence-corrected chi connectivity index (χ1v) is 6.91. The molecular weight excluding hydrogens is 268 g/mol. The second kappa shape index (κ2) is 10.6. The minimum Gasteiger partial charge on any atom is -0.344 e. The standard InChI is InChI=1S/C11H14N4O.C2H4O.C2H6/c1-8-6-10(16)9(7-12-2)11(14-8)15-5-3-4-13-15;1-2-3;1-2/h3-6,12H,7H2,1-2H3,(H,14,16);2H,1H3;1-2H3. The lowest BCUT2D eigenvalue weighted by Gasteiger charge is -2.09. The van der Waals surface area contributed by atoms with Gasteiger partial charge in [0.05, 0.1) is 5.56 Å². The predicted octanol–water partition coefficient (Wildman–Crippen LogP) is 1.82. The average Bonchev–Trinajstić information content (AvgIpc) is 2.99. The summed E-state index contributed by atoms with van der Waals surface area (Å²) in [4.78, 5) is 23.8. The quantitative estimate of drug-likeness (QED) is 0.846. The molecule has 0 saturated carbocycles. The lowest BCUT2D eigenvalue weighted by molar-refractivity contribution is -0.106. The molecular formula is C15H24N4O2. The lowest BCUT2D eigenvalue weighted by Crippen LogP contribution is -2.21. The van der Waals surface area contributed by atoms with Crippen LogP contribution in [0, 0.1) is 6.92 Å². The van der Waals surface area contributed by atoms with Gasteiger partial charge in [0.15, 0.2) is 5.43 Å². The molecule has 2 N–H and O–H groups in total. The number of aldehydes is 1. The molecule has 0 amide bonds. The number of H-pyrrole nitrogens is 1. The largest absolute Gasteiger partial charge is 0.344 e. The van der Waals surface area contributed by atoms with E-state index in [1.807, 2.05) is 40.1 Å². The molecule has 0 fully saturated rings. The topological polar surface area (TPSA) is 79.8 Å². The molecule has 0 atom stereocenters. The summed E-state index contributed by atoms with van der Waals surface area (Å²) in [5, 5.41) is 7.12. The summed E-state index contributed by atoms with van der Waals surface area (Å²) in [7, 11) is 1.81. The van der Waals surface area contributed by atoms with Crippen LogP contribution in [0.25, 0.3) is 5.82 Å². The highest BCUT2D eigenvalue weighted by Crippen LogP contribution is 2.07. The Labute approximate surface area is 125 Å². The maximum atomic E-state index is 11.8. The van der Waals surface area contributed by atoms with Gasteiger partial charge in [0, 0.05) is 30.7 Å². The smallest absolute Gasteiger partial charge is 0.188 e. The number of rotatable bonds is 3. The molecule has 116 valence electrons. The number of hydrogen-bond acceptors (Lipinski definition) is 4. The number of aryl methyl sites for hydroxylation is 1. The van der Waals surface area contributed by atoms with Crippen LogP contribution >= 0.6 is 0 Å². The van der Waals surface area contributed by atoms with Crippen molar-refractivity contribution in [2.75, 3.05) is 7.05 Å². The van der Waals surface area contributed by atoms with Crippen LogP contribution in [-0.4, -0.2) is 28.1 Å². The van der Waals surface area contributed by atoms with Crippen LogP contribution < -0.4 is 10.7 Å². The fourth-order valence-electron chi connectivity index (χ4n) is 1.64. The van der Waals surface area contributed by atoms with Crippen molar-refractivity contribution in [3.8, 4) is 5.82 Å². The first kappa shape index (κ1) is 18.8. The molecule has 0 aliphatic heterocycles. The number of aromatic nitrogens is 3. The third-order valence-electron chi connectivity index (χ3n) is 2.33. The van der Waals surface area contributed by atoms with Gasteiger partial charge < -0.3 is 15.1 Å². The van der Waals surface area contributed by atoms with E-state index >= 15 is 0 Å². The van der Waals surface area contributed by atoms with Gasteiger partial charge in [0.1, 0.15) is 12.1 Å². The van der Waals surface area contributed by atoms with Gasteiger partial charge in [-0.15, -0.1) is 0 Å². The lowest BCUT2D eigenvalue weighted by atomic mass is 10.2. The number of pyridine rings is 1. The van der Waals surface area contributed by atoms with Crippen molar-refractivity contribution < 1.29 is 4.79 Å². The summed E-state index contributed by atoms with van der Waals surface area (Å²) in [5.74, 6) is 0.726. The van der Waals surface area contributed by atoms with E-state index in [9.17, 15) is 4.79 Å². The van der Waals surface area contributed by atoms with Gasteiger partial charge in [-0.3, -0.25) is 4.79 Å². The highest BCUT2D eigenvalue weighted by Gasteiger charge is 2.09. The van der Waals surface area contributed by atoms with Crippen LogP contribution in [-0.2, 0) is 11.3 Å². The molecule has 21 heavy (non-hydrogen) atoms. The molecule has 0 radical (unpaired) electrons. The maximum Gasteiger partial charge on any atom is 0.188 e. The maximum absolute atomic E-state index is 11.8. The summed E-state index contributed by atoms with van der Waals surface area (Å²) in [6.45, 7) is 7.82. The zero-order chi connectivity index (χ0) is 16.3. The summed E-state index contributed by atoms with van der Waals surface area (Å²) in [6.07, 6.45) is 4.24. The van der Waals surface area contributed by atoms with Crippen LogP contribution in [0.1, 0.15) is 32.0 Å². The van der Waals surface area contributed by atoms with Crippen LogP contribution in [0.3, 0.4) is 0 Å². The van der Waals surface area contributed by atoms with E-state index in [2.05, 4.69) is 15.4 Å². The van der Waals surface area contributed by atoms with Gasteiger partial charge in [0.25, 0.3) is 0 Å². The normalized spacial score (nSPS) is 9.00. The van der Waals surface area contributed by atoms with Crippen molar-refractivity contribution in [2.24, 2.45) is 0 Å². The highest BCUT2D eigenvalue weighted by molar-refractivity contribution is 5.44. The Morgan fingerprint density at radius 3 is 2.52 bits per heavy atom. The summed E-state index contributed by atoms with van der Waals surface area (Å²) < 4.78 is 1.67. The molecule has 0 aliphatic rings. The van der Waals surface area contributed by atoms with Gasteiger partial charge in [-0.1, -0.05) is 13.8 Å². The second-order valence-electron chi connectivity index (χ2n) is 3.86. The molecule has 0 bridgehead atoms. The Bertz CT molecular complexity index is 574. The first-order chi connectivity index (χ1) is 10.1. The van der Waals surface area contributed by atoms with E-state index < -0.39 is 0 Å². The summed E-state index contributed by atoms with van der Waals surface area (Å²) in [6, 6.07) is 3.42. The Morgan fingerprint density at radius 2 is 2.05 bits per heavy atom. The van der Waals surface area contributed by atoms with Crippen molar-refractivity contribution in [3.63, 3.8) is 0 Å². The number of aromatic amines is 1. The van der Waals surface area contributed by atoms with Gasteiger partial charge in [-0.05, 0) is 27.0 Å². The van der Waals surface area contributed by atoms with E-state index in [0.717, 1.165) is 17.8 Å². The zero-order valence-corrected chi connectivity index (χ0v) is 13.3. The van der Waals surface area contributed by atoms with Gasteiger partial charge in [-0.2, -0.15) is 5.10 Å². The molecule has 0 spiro atoms. The Balaban J connectivity index is 0.000000713. The van der Waals surface area contributed by atoms with Crippen molar-refractivity contribution >= 4 is 6.29 Å². The summed E-state index contributed by atoms with van der Waals surface area (Å²) >= 11 is 0. The van der Waals surface area contributed by atoms with Crippen LogP contribution in [0.4, 0.5) is 0 Å². The predicted molar refractivity (Wildman–Crippen MR) is 84.8 cm³/mol. The van der Waals surface area contributed by atoms with E-state index in [1.54, 1.807) is 16.9 Å². The van der Waals surface area contributed by atoms with Crippen molar-refractivity contribution in [1.82, 2.24) is 20.1 Å². The average molecular weight is 292 g/mol. The first-order valence-electron chi connectivity index (χ1n) is 6.91.